The Balaban J connectivity index is 1.03. The molecule has 11 nitrogen and oxygen atoms in total. The van der Waals surface area contributed by atoms with Crippen molar-refractivity contribution in [2.24, 2.45) is 11.3 Å². The topological polar surface area (TPSA) is 125 Å². The summed E-state index contributed by atoms with van der Waals surface area (Å²) in [5.41, 5.74) is 4.68. The maximum atomic E-state index is 13.1. The van der Waals surface area contributed by atoms with Crippen molar-refractivity contribution >= 4 is 41.0 Å². The van der Waals surface area contributed by atoms with Crippen LogP contribution < -0.4 is 15.5 Å². The van der Waals surface area contributed by atoms with Crippen LogP contribution >= 0.6 is 11.6 Å². The molecule has 2 fully saturated rings. The van der Waals surface area contributed by atoms with Crippen molar-refractivity contribution in [3.8, 4) is 11.1 Å². The molecule has 0 saturated carbocycles. The first-order valence-electron chi connectivity index (χ1n) is 14.0. The average molecular weight is 577 g/mol. The van der Waals surface area contributed by atoms with E-state index < -0.39 is 6.03 Å². The lowest BCUT2D eigenvalue weighted by Gasteiger charge is -2.31. The number of nitrogens with one attached hydrogen (secondary N) is 2. The fraction of sp³-hybridized carbons (Fsp3) is 0.448. The predicted octanol–water partition coefficient (Wildman–Crippen LogP) is 3.87. The van der Waals surface area contributed by atoms with Crippen molar-refractivity contribution in [1.82, 2.24) is 30.0 Å². The number of urea groups is 1. The number of imide groups is 1. The Morgan fingerprint density at radius 2 is 1.90 bits per heavy atom. The highest BCUT2D eigenvalue weighted by Crippen LogP contribution is 2.39. The summed E-state index contributed by atoms with van der Waals surface area (Å²) in [6.07, 6.45) is 7.76. The van der Waals surface area contributed by atoms with Crippen molar-refractivity contribution in [1.29, 1.82) is 0 Å². The van der Waals surface area contributed by atoms with E-state index in [0.29, 0.717) is 29.6 Å². The van der Waals surface area contributed by atoms with Gasteiger partial charge >= 0.3 is 6.03 Å². The Hall–Kier alpha value is -3.83. The molecule has 3 aliphatic rings. The maximum absolute atomic E-state index is 13.1. The van der Waals surface area contributed by atoms with Crippen molar-refractivity contribution in [2.45, 2.75) is 52.6 Å². The molecule has 6 rings (SSSR count). The summed E-state index contributed by atoms with van der Waals surface area (Å²) < 4.78 is 2.04. The number of amides is 4. The Morgan fingerprint density at radius 3 is 2.63 bits per heavy atom. The van der Waals surface area contributed by atoms with E-state index >= 15 is 0 Å². The summed E-state index contributed by atoms with van der Waals surface area (Å²) in [6.45, 7) is 7.88. The standard InChI is InChI=1S/C29H33ClN8O3/c1-29(2)12-24-22(14-33-38(24)17-29)21-11-25(32-15-23(21)30)34-27(40)18-5-8-36(9-6-18)16-19-3-4-20(13-31-19)37-10-7-26(39)35-28(37)41/h3-4,11,13-15,18H,5-10,12,16-17H2,1-2H3,(H,32,34,40)(H,35,39,41). The normalized spacial score (nSPS) is 19.2. The number of aromatic nitrogens is 4. The number of halogens is 1. The molecule has 41 heavy (non-hydrogen) atoms. The monoisotopic (exact) mass is 576 g/mol. The van der Waals surface area contributed by atoms with Gasteiger partial charge in [0.15, 0.2) is 0 Å². The van der Waals surface area contributed by atoms with E-state index in [-0.39, 0.29) is 29.6 Å². The SMILES string of the molecule is CC1(C)Cc2c(-c3cc(NC(=O)C4CCN(Cc5ccc(N6CCC(=O)NC6=O)cn5)CC4)ncc3Cl)cnn2C1. The van der Waals surface area contributed by atoms with Crippen LogP contribution in [-0.4, -0.2) is 62.1 Å². The minimum Gasteiger partial charge on any atom is -0.310 e. The summed E-state index contributed by atoms with van der Waals surface area (Å²) in [5, 5.41) is 10.4. The minimum absolute atomic E-state index is 0.0347. The molecule has 2 N–H and O–H groups in total. The number of rotatable bonds is 6. The van der Waals surface area contributed by atoms with E-state index in [2.05, 4.69) is 44.4 Å². The third-order valence-electron chi connectivity index (χ3n) is 8.09. The third kappa shape index (κ3) is 5.82. The summed E-state index contributed by atoms with van der Waals surface area (Å²) in [4.78, 5) is 49.3. The van der Waals surface area contributed by atoms with Crippen LogP contribution in [0.3, 0.4) is 0 Å². The minimum atomic E-state index is -0.421. The van der Waals surface area contributed by atoms with Crippen molar-refractivity contribution in [3.63, 3.8) is 0 Å². The van der Waals surface area contributed by atoms with Crippen LogP contribution in [0.4, 0.5) is 16.3 Å². The molecule has 0 aromatic carbocycles. The Morgan fingerprint density at radius 1 is 1.10 bits per heavy atom. The first kappa shape index (κ1) is 27.3. The van der Waals surface area contributed by atoms with Gasteiger partial charge in [-0.1, -0.05) is 25.4 Å². The lowest BCUT2D eigenvalue weighted by molar-refractivity contribution is -0.121. The molecule has 3 aromatic rings. The van der Waals surface area contributed by atoms with Crippen LogP contribution in [0.2, 0.25) is 5.02 Å². The predicted molar refractivity (Wildman–Crippen MR) is 154 cm³/mol. The molecule has 0 aliphatic carbocycles. The summed E-state index contributed by atoms with van der Waals surface area (Å²) in [5.74, 6) is 0.0884. The number of fused-ring (bicyclic) bond motifs is 1. The van der Waals surface area contributed by atoms with Gasteiger partial charge in [-0.15, -0.1) is 0 Å². The van der Waals surface area contributed by atoms with Gasteiger partial charge in [0.2, 0.25) is 11.8 Å². The summed E-state index contributed by atoms with van der Waals surface area (Å²) in [7, 11) is 0. The molecule has 4 amide bonds. The Bertz CT molecular complexity index is 1490. The van der Waals surface area contributed by atoms with Gasteiger partial charge < -0.3 is 5.32 Å². The van der Waals surface area contributed by atoms with Crippen LogP contribution in [0.15, 0.2) is 36.8 Å². The number of hydrogen-bond acceptors (Lipinski definition) is 7. The zero-order chi connectivity index (χ0) is 28.7. The summed E-state index contributed by atoms with van der Waals surface area (Å²) >= 11 is 6.53. The highest BCUT2D eigenvalue weighted by molar-refractivity contribution is 6.33. The molecular weight excluding hydrogens is 544 g/mol. The van der Waals surface area contributed by atoms with Gasteiger partial charge in [0.25, 0.3) is 0 Å². The second-order valence-electron chi connectivity index (χ2n) is 11.9. The highest BCUT2D eigenvalue weighted by atomic mass is 35.5. The average Bonchev–Trinajstić information content (AvgIpc) is 3.45. The number of nitrogens with zero attached hydrogens (tertiary/aromatic N) is 6. The van der Waals surface area contributed by atoms with E-state index in [1.807, 2.05) is 29.1 Å². The van der Waals surface area contributed by atoms with Crippen molar-refractivity contribution in [3.05, 3.63) is 53.2 Å². The van der Waals surface area contributed by atoms with Crippen LogP contribution in [0.1, 0.15) is 44.5 Å². The van der Waals surface area contributed by atoms with Gasteiger partial charge in [0.05, 0.1) is 28.8 Å². The lowest BCUT2D eigenvalue weighted by Crippen LogP contribution is -2.49. The first-order valence-corrected chi connectivity index (χ1v) is 14.3. The van der Waals surface area contributed by atoms with Gasteiger partial charge in [-0.2, -0.15) is 5.10 Å². The molecule has 0 radical (unpaired) electrons. The number of piperidine rings is 1. The number of likely N-dealkylation sites (tertiary alicyclic amines) is 1. The lowest BCUT2D eigenvalue weighted by atomic mass is 9.89. The molecule has 0 atom stereocenters. The fourth-order valence-electron chi connectivity index (χ4n) is 5.88. The molecule has 0 spiro atoms. The van der Waals surface area contributed by atoms with Crippen LogP contribution in [-0.2, 0) is 29.1 Å². The number of hydrogen-bond donors (Lipinski definition) is 2. The molecule has 12 heteroatoms. The highest BCUT2D eigenvalue weighted by Gasteiger charge is 2.32. The van der Waals surface area contributed by atoms with Gasteiger partial charge in [-0.25, -0.2) is 9.78 Å². The molecule has 214 valence electrons. The maximum Gasteiger partial charge on any atom is 0.328 e. The van der Waals surface area contributed by atoms with Crippen LogP contribution in [0.5, 0.6) is 0 Å². The van der Waals surface area contributed by atoms with Gasteiger partial charge in [-0.3, -0.25) is 34.4 Å². The van der Waals surface area contributed by atoms with E-state index in [9.17, 15) is 14.4 Å². The van der Waals surface area contributed by atoms with E-state index in [1.165, 1.54) is 4.90 Å². The van der Waals surface area contributed by atoms with E-state index in [0.717, 1.165) is 61.4 Å². The van der Waals surface area contributed by atoms with Crippen molar-refractivity contribution < 1.29 is 14.4 Å². The first-order chi connectivity index (χ1) is 19.6. The third-order valence-corrected chi connectivity index (χ3v) is 8.39. The van der Waals surface area contributed by atoms with Crippen LogP contribution in [0, 0.1) is 11.3 Å². The number of carbonyl (C=O) groups is 3. The molecule has 3 aromatic heterocycles. The molecule has 6 heterocycles. The molecular formula is C29H33ClN8O3. The van der Waals surface area contributed by atoms with E-state index in [1.54, 1.807) is 12.4 Å². The zero-order valence-electron chi connectivity index (χ0n) is 23.2. The zero-order valence-corrected chi connectivity index (χ0v) is 23.9. The molecule has 3 aliphatic heterocycles. The van der Waals surface area contributed by atoms with Gasteiger partial charge in [0.1, 0.15) is 5.82 Å². The largest absolute Gasteiger partial charge is 0.328 e. The Labute approximate surface area is 243 Å². The number of anilines is 2. The van der Waals surface area contributed by atoms with E-state index in [4.69, 9.17) is 11.6 Å². The Kier molecular flexibility index (Phi) is 7.25. The second-order valence-corrected chi connectivity index (χ2v) is 12.3. The summed E-state index contributed by atoms with van der Waals surface area (Å²) in [6, 6.07) is 5.18. The smallest absolute Gasteiger partial charge is 0.310 e. The fourth-order valence-corrected chi connectivity index (χ4v) is 6.08. The van der Waals surface area contributed by atoms with Gasteiger partial charge in [-0.05, 0) is 56.0 Å². The van der Waals surface area contributed by atoms with Gasteiger partial charge in [0, 0.05) is 55.0 Å². The number of carbonyl (C=O) groups excluding carboxylic acids is 3. The van der Waals surface area contributed by atoms with Crippen molar-refractivity contribution in [2.75, 3.05) is 29.9 Å². The number of pyridine rings is 2. The van der Waals surface area contributed by atoms with Crippen LogP contribution in [0.25, 0.3) is 11.1 Å². The molecule has 0 unspecified atom stereocenters. The second kappa shape index (κ2) is 10.9. The molecule has 2 saturated heterocycles. The quantitative estimate of drug-likeness (QED) is 0.456. The molecule has 0 bridgehead atoms.